The SMILES string of the molecule is CSCC[C@@H](NC(=O)CCCc1c[nH]c2ccccc12)C(=O)[O-]. The summed E-state index contributed by atoms with van der Waals surface area (Å²) in [4.78, 5) is 26.1. The molecule has 0 saturated heterocycles. The van der Waals surface area contributed by atoms with Gasteiger partial charge in [0.1, 0.15) is 0 Å². The van der Waals surface area contributed by atoms with E-state index in [2.05, 4.69) is 16.4 Å². The maximum atomic E-state index is 11.9. The highest BCUT2D eigenvalue weighted by molar-refractivity contribution is 7.98. The van der Waals surface area contributed by atoms with Crippen LogP contribution in [0.4, 0.5) is 0 Å². The van der Waals surface area contributed by atoms with Gasteiger partial charge in [-0.25, -0.2) is 0 Å². The zero-order chi connectivity index (χ0) is 16.7. The molecule has 1 atom stereocenters. The van der Waals surface area contributed by atoms with Gasteiger partial charge in [0.2, 0.25) is 5.91 Å². The number of nitrogens with one attached hydrogen (secondary N) is 2. The largest absolute Gasteiger partial charge is 0.548 e. The highest BCUT2D eigenvalue weighted by atomic mass is 32.2. The molecule has 1 aromatic carbocycles. The van der Waals surface area contributed by atoms with Crippen LogP contribution in [-0.2, 0) is 16.0 Å². The summed E-state index contributed by atoms with van der Waals surface area (Å²) >= 11 is 1.55. The van der Waals surface area contributed by atoms with Crippen molar-refractivity contribution in [3.63, 3.8) is 0 Å². The monoisotopic (exact) mass is 333 g/mol. The number of thioether (sulfide) groups is 1. The van der Waals surface area contributed by atoms with Crippen LogP contribution in [0.5, 0.6) is 0 Å². The number of rotatable bonds is 9. The lowest BCUT2D eigenvalue weighted by molar-refractivity contribution is -0.308. The third-order valence-electron chi connectivity index (χ3n) is 3.76. The number of hydrogen-bond donors (Lipinski definition) is 2. The van der Waals surface area contributed by atoms with Crippen molar-refractivity contribution in [2.24, 2.45) is 0 Å². The molecule has 0 unspecified atom stereocenters. The van der Waals surface area contributed by atoms with Gasteiger partial charge in [0.05, 0.1) is 12.0 Å². The van der Waals surface area contributed by atoms with Crippen molar-refractivity contribution < 1.29 is 14.7 Å². The molecule has 0 spiro atoms. The Morgan fingerprint density at radius 1 is 1.35 bits per heavy atom. The number of aromatic amines is 1. The van der Waals surface area contributed by atoms with Gasteiger partial charge in [0, 0.05) is 23.5 Å². The summed E-state index contributed by atoms with van der Waals surface area (Å²) in [5.41, 5.74) is 2.26. The van der Waals surface area contributed by atoms with E-state index in [1.165, 1.54) is 10.9 Å². The van der Waals surface area contributed by atoms with E-state index in [4.69, 9.17) is 0 Å². The number of aliphatic carboxylic acids is 1. The summed E-state index contributed by atoms with van der Waals surface area (Å²) in [5, 5.41) is 14.7. The number of carbonyl (C=O) groups excluding carboxylic acids is 2. The molecule has 2 N–H and O–H groups in total. The number of aryl methyl sites for hydroxylation is 1. The standard InChI is InChI=1S/C17H22N2O3S/c1-23-10-9-15(17(21)22)19-16(20)8-4-5-12-11-18-14-7-3-2-6-13(12)14/h2-3,6-7,11,15,18H,4-5,8-10H2,1H3,(H,19,20)(H,21,22)/p-1/t15-/m1/s1. The number of benzene rings is 1. The number of para-hydroxylation sites is 1. The Hall–Kier alpha value is -1.95. The first kappa shape index (κ1) is 17.4. The Bertz CT molecular complexity index is 669. The second-order valence-electron chi connectivity index (χ2n) is 5.43. The minimum Gasteiger partial charge on any atom is -0.548 e. The van der Waals surface area contributed by atoms with Gasteiger partial charge < -0.3 is 20.2 Å². The maximum Gasteiger partial charge on any atom is 0.220 e. The highest BCUT2D eigenvalue weighted by Crippen LogP contribution is 2.19. The Morgan fingerprint density at radius 2 is 2.13 bits per heavy atom. The molecule has 0 bridgehead atoms. The summed E-state index contributed by atoms with van der Waals surface area (Å²) in [6, 6.07) is 7.13. The van der Waals surface area contributed by atoms with Crippen molar-refractivity contribution in [2.75, 3.05) is 12.0 Å². The molecule has 1 amide bonds. The van der Waals surface area contributed by atoms with E-state index in [1.54, 1.807) is 11.8 Å². The van der Waals surface area contributed by atoms with Crippen LogP contribution in [0.3, 0.4) is 0 Å². The predicted octanol–water partition coefficient (Wildman–Crippen LogP) is 1.48. The predicted molar refractivity (Wildman–Crippen MR) is 91.2 cm³/mol. The van der Waals surface area contributed by atoms with Gasteiger partial charge in [-0.15, -0.1) is 0 Å². The number of carboxylic acids is 1. The zero-order valence-electron chi connectivity index (χ0n) is 13.1. The summed E-state index contributed by atoms with van der Waals surface area (Å²) in [6.07, 6.45) is 6.01. The van der Waals surface area contributed by atoms with Crippen LogP contribution in [0.2, 0.25) is 0 Å². The molecule has 0 aliphatic rings. The van der Waals surface area contributed by atoms with E-state index >= 15 is 0 Å². The molecule has 0 aliphatic carbocycles. The first-order valence-electron chi connectivity index (χ1n) is 7.66. The molecule has 0 fully saturated rings. The molecule has 2 rings (SSSR count). The topological polar surface area (TPSA) is 85.0 Å². The molecule has 1 aromatic heterocycles. The summed E-state index contributed by atoms with van der Waals surface area (Å²) in [6.45, 7) is 0. The van der Waals surface area contributed by atoms with Gasteiger partial charge >= 0.3 is 0 Å². The number of carbonyl (C=O) groups is 2. The molecule has 124 valence electrons. The Kier molecular flexibility index (Phi) is 6.52. The number of H-pyrrole nitrogens is 1. The molecule has 6 heteroatoms. The van der Waals surface area contributed by atoms with E-state index in [1.807, 2.05) is 30.7 Å². The van der Waals surface area contributed by atoms with Gasteiger partial charge in [0.15, 0.2) is 0 Å². The fourth-order valence-corrected chi connectivity index (χ4v) is 3.00. The molecular formula is C17H21N2O3S-. The van der Waals surface area contributed by atoms with Crippen LogP contribution in [-0.4, -0.2) is 34.9 Å². The van der Waals surface area contributed by atoms with E-state index in [-0.39, 0.29) is 5.91 Å². The van der Waals surface area contributed by atoms with Crippen LogP contribution in [0, 0.1) is 0 Å². The fourth-order valence-electron chi connectivity index (χ4n) is 2.53. The van der Waals surface area contributed by atoms with E-state index in [0.29, 0.717) is 25.0 Å². The van der Waals surface area contributed by atoms with Crippen molar-refractivity contribution in [1.82, 2.24) is 10.3 Å². The minimum absolute atomic E-state index is 0.236. The molecule has 0 saturated carbocycles. The quantitative estimate of drug-likeness (QED) is 0.728. The number of amides is 1. The molecule has 23 heavy (non-hydrogen) atoms. The van der Waals surface area contributed by atoms with Crippen LogP contribution in [0.15, 0.2) is 30.5 Å². The van der Waals surface area contributed by atoms with Crippen LogP contribution >= 0.6 is 11.8 Å². The normalized spacial score (nSPS) is 12.2. The van der Waals surface area contributed by atoms with Gasteiger partial charge in [-0.2, -0.15) is 11.8 Å². The lowest BCUT2D eigenvalue weighted by atomic mass is 10.1. The summed E-state index contributed by atoms with van der Waals surface area (Å²) in [7, 11) is 0. The highest BCUT2D eigenvalue weighted by Gasteiger charge is 2.13. The van der Waals surface area contributed by atoms with Gasteiger partial charge in [-0.05, 0) is 42.9 Å². The van der Waals surface area contributed by atoms with Gasteiger partial charge in [-0.3, -0.25) is 4.79 Å². The van der Waals surface area contributed by atoms with Crippen LogP contribution < -0.4 is 10.4 Å². The second kappa shape index (κ2) is 8.62. The number of fused-ring (bicyclic) bond motifs is 1. The molecule has 5 nitrogen and oxygen atoms in total. The van der Waals surface area contributed by atoms with Crippen molar-refractivity contribution in [3.8, 4) is 0 Å². The van der Waals surface area contributed by atoms with Crippen molar-refractivity contribution in [1.29, 1.82) is 0 Å². The molecule has 0 aliphatic heterocycles. The maximum absolute atomic E-state index is 11.9. The summed E-state index contributed by atoms with van der Waals surface area (Å²) in [5.74, 6) is -0.780. The average molecular weight is 333 g/mol. The first-order chi connectivity index (χ1) is 11.1. The van der Waals surface area contributed by atoms with Crippen LogP contribution in [0.1, 0.15) is 24.8 Å². The summed E-state index contributed by atoms with van der Waals surface area (Å²) < 4.78 is 0. The third kappa shape index (κ3) is 5.03. The Morgan fingerprint density at radius 3 is 2.87 bits per heavy atom. The van der Waals surface area contributed by atoms with Crippen molar-refractivity contribution in [2.45, 2.75) is 31.7 Å². The lowest BCUT2D eigenvalue weighted by Gasteiger charge is -2.19. The van der Waals surface area contributed by atoms with Gasteiger partial charge in [-0.1, -0.05) is 18.2 Å². The zero-order valence-corrected chi connectivity index (χ0v) is 13.9. The number of carboxylic acid groups (broad SMARTS) is 1. The first-order valence-corrected chi connectivity index (χ1v) is 9.05. The van der Waals surface area contributed by atoms with Crippen molar-refractivity contribution in [3.05, 3.63) is 36.0 Å². The smallest absolute Gasteiger partial charge is 0.220 e. The molecule has 2 aromatic rings. The van der Waals surface area contributed by atoms with E-state index in [0.717, 1.165) is 11.9 Å². The van der Waals surface area contributed by atoms with E-state index < -0.39 is 12.0 Å². The van der Waals surface area contributed by atoms with Crippen molar-refractivity contribution >= 4 is 34.5 Å². The number of hydrogen-bond acceptors (Lipinski definition) is 4. The minimum atomic E-state index is -1.22. The van der Waals surface area contributed by atoms with E-state index in [9.17, 15) is 14.7 Å². The van der Waals surface area contributed by atoms with Crippen LogP contribution in [0.25, 0.3) is 10.9 Å². The lowest BCUT2D eigenvalue weighted by Crippen LogP contribution is -2.48. The molecular weight excluding hydrogens is 312 g/mol. The average Bonchev–Trinajstić information content (AvgIpc) is 2.94. The fraction of sp³-hybridized carbons (Fsp3) is 0.412. The Labute approximate surface area is 139 Å². The molecule has 1 heterocycles. The number of aromatic nitrogens is 1. The second-order valence-corrected chi connectivity index (χ2v) is 6.42. The Balaban J connectivity index is 1.81. The molecule has 0 radical (unpaired) electrons. The van der Waals surface area contributed by atoms with Gasteiger partial charge in [0.25, 0.3) is 0 Å². The third-order valence-corrected chi connectivity index (χ3v) is 4.40.